The average molecular weight is 386 g/mol. The molecule has 6 heteroatoms. The topological polar surface area (TPSA) is 43.6 Å². The SMILES string of the molecule is Cc1cc(-c2ncc(-n3cccn3)cc2-c2ccc3ncsc3c2)ccc1F. The minimum absolute atomic E-state index is 0.218. The van der Waals surface area contributed by atoms with Crippen molar-refractivity contribution in [1.82, 2.24) is 19.7 Å². The summed E-state index contributed by atoms with van der Waals surface area (Å²) < 4.78 is 16.7. The van der Waals surface area contributed by atoms with Gasteiger partial charge < -0.3 is 0 Å². The van der Waals surface area contributed by atoms with E-state index < -0.39 is 0 Å². The number of hydrogen-bond donors (Lipinski definition) is 0. The van der Waals surface area contributed by atoms with Gasteiger partial charge in [0.25, 0.3) is 0 Å². The van der Waals surface area contributed by atoms with Crippen molar-refractivity contribution in [3.63, 3.8) is 0 Å². The van der Waals surface area contributed by atoms with Gasteiger partial charge in [0.2, 0.25) is 0 Å². The molecule has 2 aromatic carbocycles. The minimum atomic E-state index is -0.218. The molecule has 0 amide bonds. The molecular formula is C22H15FN4S. The van der Waals surface area contributed by atoms with E-state index >= 15 is 0 Å². The molecule has 0 aliphatic heterocycles. The van der Waals surface area contributed by atoms with E-state index in [0.29, 0.717) is 5.56 Å². The van der Waals surface area contributed by atoms with Gasteiger partial charge in [-0.2, -0.15) is 5.10 Å². The van der Waals surface area contributed by atoms with Crippen molar-refractivity contribution in [2.24, 2.45) is 0 Å². The van der Waals surface area contributed by atoms with E-state index in [1.54, 1.807) is 41.4 Å². The summed E-state index contributed by atoms with van der Waals surface area (Å²) in [5.41, 5.74) is 7.98. The van der Waals surface area contributed by atoms with Crippen LogP contribution in [0.4, 0.5) is 4.39 Å². The van der Waals surface area contributed by atoms with E-state index in [1.165, 1.54) is 6.07 Å². The Hall–Kier alpha value is -3.38. The fourth-order valence-corrected chi connectivity index (χ4v) is 3.98. The zero-order valence-corrected chi connectivity index (χ0v) is 15.8. The van der Waals surface area contributed by atoms with Crippen LogP contribution in [0.15, 0.2) is 72.6 Å². The monoisotopic (exact) mass is 386 g/mol. The summed E-state index contributed by atoms with van der Waals surface area (Å²) in [6, 6.07) is 15.2. The molecule has 28 heavy (non-hydrogen) atoms. The summed E-state index contributed by atoms with van der Waals surface area (Å²) in [6.07, 6.45) is 5.41. The van der Waals surface area contributed by atoms with Gasteiger partial charge in [-0.3, -0.25) is 4.98 Å². The van der Waals surface area contributed by atoms with Crippen LogP contribution in [-0.2, 0) is 0 Å². The van der Waals surface area contributed by atoms with Gasteiger partial charge in [-0.1, -0.05) is 6.07 Å². The summed E-state index contributed by atoms with van der Waals surface area (Å²) in [6.45, 7) is 1.76. The highest BCUT2D eigenvalue weighted by molar-refractivity contribution is 7.16. The first kappa shape index (κ1) is 16.8. The van der Waals surface area contributed by atoms with Gasteiger partial charge in [-0.05, 0) is 60.5 Å². The third-order valence-corrected chi connectivity index (χ3v) is 5.51. The van der Waals surface area contributed by atoms with Gasteiger partial charge in [0, 0.05) is 23.5 Å². The molecule has 0 bridgehead atoms. The number of thiazole rings is 1. The maximum Gasteiger partial charge on any atom is 0.126 e. The van der Waals surface area contributed by atoms with Crippen molar-refractivity contribution in [2.75, 3.05) is 0 Å². The van der Waals surface area contributed by atoms with Gasteiger partial charge in [0.05, 0.1) is 33.3 Å². The minimum Gasteiger partial charge on any atom is -0.253 e. The maximum absolute atomic E-state index is 13.8. The van der Waals surface area contributed by atoms with Crippen LogP contribution < -0.4 is 0 Å². The first-order valence-electron chi connectivity index (χ1n) is 8.79. The number of aryl methyl sites for hydroxylation is 1. The Labute approximate surface area is 165 Å². The molecule has 0 saturated heterocycles. The Bertz CT molecular complexity index is 1290. The normalized spacial score (nSPS) is 11.2. The molecule has 0 N–H and O–H groups in total. The van der Waals surface area contributed by atoms with E-state index in [-0.39, 0.29) is 5.82 Å². The first-order chi connectivity index (χ1) is 13.7. The number of halogens is 1. The second-order valence-corrected chi connectivity index (χ2v) is 7.43. The molecule has 0 radical (unpaired) electrons. The van der Waals surface area contributed by atoms with Crippen molar-refractivity contribution in [3.05, 3.63) is 84.0 Å². The summed E-state index contributed by atoms with van der Waals surface area (Å²) in [5.74, 6) is -0.218. The van der Waals surface area contributed by atoms with Crippen molar-refractivity contribution < 1.29 is 4.39 Å². The molecule has 3 aromatic heterocycles. The highest BCUT2D eigenvalue weighted by Crippen LogP contribution is 2.34. The fraction of sp³-hybridized carbons (Fsp3) is 0.0455. The zero-order valence-electron chi connectivity index (χ0n) is 15.0. The van der Waals surface area contributed by atoms with E-state index in [2.05, 4.69) is 22.2 Å². The van der Waals surface area contributed by atoms with Gasteiger partial charge in [0.1, 0.15) is 5.82 Å². The lowest BCUT2D eigenvalue weighted by molar-refractivity contribution is 0.619. The third-order valence-electron chi connectivity index (χ3n) is 4.72. The van der Waals surface area contributed by atoms with Crippen LogP contribution in [0.1, 0.15) is 5.56 Å². The highest BCUT2D eigenvalue weighted by atomic mass is 32.1. The number of hydrogen-bond acceptors (Lipinski definition) is 4. The smallest absolute Gasteiger partial charge is 0.126 e. The molecule has 5 rings (SSSR count). The maximum atomic E-state index is 13.8. The Balaban J connectivity index is 1.74. The standard InChI is InChI=1S/C22H15FN4S/c1-14-9-16(3-5-19(14)23)22-18(11-17(12-24-22)27-8-2-7-26-27)15-4-6-20-21(10-15)28-13-25-20/h2-13H,1H3. The molecule has 0 unspecified atom stereocenters. The van der Waals surface area contributed by atoms with Crippen LogP contribution in [0.25, 0.3) is 38.3 Å². The average Bonchev–Trinajstić information content (AvgIpc) is 3.41. The predicted molar refractivity (Wildman–Crippen MR) is 110 cm³/mol. The van der Waals surface area contributed by atoms with Crippen LogP contribution in [0.5, 0.6) is 0 Å². The Morgan fingerprint density at radius 2 is 1.89 bits per heavy atom. The number of benzene rings is 2. The van der Waals surface area contributed by atoms with Crippen molar-refractivity contribution >= 4 is 21.6 Å². The molecule has 0 fully saturated rings. The molecular weight excluding hydrogens is 371 g/mol. The lowest BCUT2D eigenvalue weighted by Gasteiger charge is -2.13. The number of pyridine rings is 1. The largest absolute Gasteiger partial charge is 0.253 e. The van der Waals surface area contributed by atoms with Crippen molar-refractivity contribution in [2.45, 2.75) is 6.92 Å². The first-order valence-corrected chi connectivity index (χ1v) is 9.67. The summed E-state index contributed by atoms with van der Waals surface area (Å²) in [7, 11) is 0. The lowest BCUT2D eigenvalue weighted by atomic mass is 9.97. The zero-order chi connectivity index (χ0) is 19.1. The van der Waals surface area contributed by atoms with Crippen LogP contribution in [0.3, 0.4) is 0 Å². The highest BCUT2D eigenvalue weighted by Gasteiger charge is 2.14. The van der Waals surface area contributed by atoms with Crippen LogP contribution in [0, 0.1) is 12.7 Å². The van der Waals surface area contributed by atoms with Gasteiger partial charge in [-0.25, -0.2) is 14.1 Å². The number of nitrogens with zero attached hydrogens (tertiary/aromatic N) is 4. The van der Waals surface area contributed by atoms with Gasteiger partial charge in [0.15, 0.2) is 0 Å². The van der Waals surface area contributed by atoms with E-state index in [1.807, 2.05) is 36.0 Å². The number of fused-ring (bicyclic) bond motifs is 1. The van der Waals surface area contributed by atoms with Crippen molar-refractivity contribution in [1.29, 1.82) is 0 Å². The van der Waals surface area contributed by atoms with Crippen LogP contribution >= 0.6 is 11.3 Å². The van der Waals surface area contributed by atoms with Crippen molar-refractivity contribution in [3.8, 4) is 28.1 Å². The molecule has 136 valence electrons. The van der Waals surface area contributed by atoms with Crippen LogP contribution in [-0.4, -0.2) is 19.7 Å². The molecule has 0 saturated carbocycles. The predicted octanol–water partition coefficient (Wildman–Crippen LogP) is 5.66. The quantitative estimate of drug-likeness (QED) is 0.402. The van der Waals surface area contributed by atoms with E-state index in [0.717, 1.165) is 38.3 Å². The molecule has 5 aromatic rings. The van der Waals surface area contributed by atoms with E-state index in [4.69, 9.17) is 4.98 Å². The summed E-state index contributed by atoms with van der Waals surface area (Å²) >= 11 is 1.61. The fourth-order valence-electron chi connectivity index (χ4n) is 3.27. The Morgan fingerprint density at radius 3 is 2.71 bits per heavy atom. The number of aromatic nitrogens is 4. The number of rotatable bonds is 3. The van der Waals surface area contributed by atoms with Crippen LogP contribution in [0.2, 0.25) is 0 Å². The second kappa shape index (κ2) is 6.65. The van der Waals surface area contributed by atoms with Gasteiger partial charge in [-0.15, -0.1) is 11.3 Å². The Kier molecular flexibility index (Phi) is 3.98. The summed E-state index contributed by atoms with van der Waals surface area (Å²) in [4.78, 5) is 9.08. The lowest BCUT2D eigenvalue weighted by Crippen LogP contribution is -1.98. The molecule has 0 spiro atoms. The Morgan fingerprint density at radius 1 is 1.00 bits per heavy atom. The third kappa shape index (κ3) is 2.88. The molecule has 0 atom stereocenters. The van der Waals surface area contributed by atoms with E-state index in [9.17, 15) is 4.39 Å². The molecule has 0 aliphatic rings. The molecule has 3 heterocycles. The molecule has 4 nitrogen and oxygen atoms in total. The second-order valence-electron chi connectivity index (χ2n) is 6.54. The summed E-state index contributed by atoms with van der Waals surface area (Å²) in [5, 5.41) is 4.31. The molecule has 0 aliphatic carbocycles. The van der Waals surface area contributed by atoms with Gasteiger partial charge >= 0.3 is 0 Å².